The van der Waals surface area contributed by atoms with Crippen LogP contribution in [0.15, 0.2) is 77.9 Å². The van der Waals surface area contributed by atoms with Gasteiger partial charge in [-0.15, -0.1) is 5.10 Å². The van der Waals surface area contributed by atoms with Gasteiger partial charge in [0.1, 0.15) is 0 Å². The number of tetrazole rings is 1. The number of imidazole rings is 1. The number of para-hydroxylation sites is 1. The topological polar surface area (TPSA) is 94.3 Å². The summed E-state index contributed by atoms with van der Waals surface area (Å²) in [5.41, 5.74) is 5.53. The number of rotatable bonds is 7. The Morgan fingerprint density at radius 2 is 1.85 bits per heavy atom. The molecule has 5 aromatic rings. The Labute approximate surface area is 209 Å². The van der Waals surface area contributed by atoms with Crippen molar-refractivity contribution in [3.8, 4) is 28.3 Å². The van der Waals surface area contributed by atoms with E-state index in [1.807, 2.05) is 71.4 Å². The first kappa shape index (κ1) is 22.2. The van der Waals surface area contributed by atoms with Gasteiger partial charge in [0, 0.05) is 32.8 Å². The van der Waals surface area contributed by atoms with E-state index >= 15 is 0 Å². The summed E-state index contributed by atoms with van der Waals surface area (Å²) in [6, 6.07) is 19.8. The molecule has 0 aliphatic carbocycles. The molecule has 0 aliphatic heterocycles. The summed E-state index contributed by atoms with van der Waals surface area (Å²) in [5, 5.41) is 14.2. The zero-order chi connectivity index (χ0) is 23.5. The molecule has 0 aliphatic rings. The van der Waals surface area contributed by atoms with Crippen LogP contribution < -0.4 is 5.69 Å². The second-order valence-electron chi connectivity index (χ2n) is 7.91. The van der Waals surface area contributed by atoms with Gasteiger partial charge in [0.25, 0.3) is 0 Å². The lowest BCUT2D eigenvalue weighted by molar-refractivity contribution is 0.691. The molecular formula is C25H22IN7O. The maximum Gasteiger partial charge on any atom is 0.333 e. The highest BCUT2D eigenvalue weighted by Gasteiger charge is 2.15. The second-order valence-corrected chi connectivity index (χ2v) is 9.07. The molecule has 3 heterocycles. The third-order valence-corrected chi connectivity index (χ3v) is 6.57. The lowest BCUT2D eigenvalue weighted by Crippen LogP contribution is -2.25. The summed E-state index contributed by atoms with van der Waals surface area (Å²) in [7, 11) is 0. The molecule has 8 nitrogen and oxygen atoms in total. The van der Waals surface area contributed by atoms with E-state index in [1.54, 1.807) is 10.8 Å². The van der Waals surface area contributed by atoms with Gasteiger partial charge >= 0.3 is 5.69 Å². The van der Waals surface area contributed by atoms with E-state index in [4.69, 9.17) is 0 Å². The van der Waals surface area contributed by atoms with Gasteiger partial charge in [-0.05, 0) is 69.3 Å². The molecule has 0 saturated heterocycles. The molecule has 0 unspecified atom stereocenters. The molecule has 0 atom stereocenters. The highest BCUT2D eigenvalue weighted by atomic mass is 127. The number of nitrogens with zero attached hydrogens (tertiary/aromatic N) is 6. The number of benzene rings is 2. The van der Waals surface area contributed by atoms with Crippen LogP contribution in [0.3, 0.4) is 0 Å². The molecule has 2 aromatic carbocycles. The lowest BCUT2D eigenvalue weighted by Gasteiger charge is -2.09. The minimum absolute atomic E-state index is 0.0264. The maximum atomic E-state index is 13.4. The third-order valence-electron chi connectivity index (χ3n) is 5.66. The van der Waals surface area contributed by atoms with E-state index in [0.717, 1.165) is 50.2 Å². The van der Waals surface area contributed by atoms with Gasteiger partial charge in [0.05, 0.1) is 17.9 Å². The Kier molecular flexibility index (Phi) is 6.35. The normalized spacial score (nSPS) is 11.1. The number of hydrogen-bond acceptors (Lipinski definition) is 5. The monoisotopic (exact) mass is 563 g/mol. The van der Waals surface area contributed by atoms with Gasteiger partial charge in [0.15, 0.2) is 5.82 Å². The van der Waals surface area contributed by atoms with Crippen molar-refractivity contribution in [2.24, 2.45) is 0 Å². The van der Waals surface area contributed by atoms with E-state index < -0.39 is 0 Å². The molecule has 9 heteroatoms. The van der Waals surface area contributed by atoms with E-state index in [-0.39, 0.29) is 5.69 Å². The minimum atomic E-state index is -0.0264. The first-order valence-electron chi connectivity index (χ1n) is 11.0. The largest absolute Gasteiger partial charge is 0.333 e. The van der Waals surface area contributed by atoms with E-state index in [1.165, 1.54) is 0 Å². The Bertz CT molecular complexity index is 1470. The van der Waals surface area contributed by atoms with Crippen LogP contribution in [-0.4, -0.2) is 34.7 Å². The molecule has 0 radical (unpaired) electrons. The zero-order valence-corrected chi connectivity index (χ0v) is 20.7. The summed E-state index contributed by atoms with van der Waals surface area (Å²) in [6.07, 6.45) is 5.53. The molecule has 0 amide bonds. The van der Waals surface area contributed by atoms with Crippen molar-refractivity contribution in [3.63, 3.8) is 0 Å². The molecular weight excluding hydrogens is 541 g/mol. The number of halogens is 1. The van der Waals surface area contributed by atoms with Crippen molar-refractivity contribution in [2.75, 3.05) is 0 Å². The zero-order valence-electron chi connectivity index (χ0n) is 18.5. The molecule has 0 fully saturated rings. The highest BCUT2D eigenvalue weighted by molar-refractivity contribution is 14.1. The second kappa shape index (κ2) is 9.72. The van der Waals surface area contributed by atoms with Gasteiger partial charge in [-0.1, -0.05) is 49.7 Å². The Morgan fingerprint density at radius 3 is 2.59 bits per heavy atom. The Balaban J connectivity index is 1.48. The molecule has 0 spiro atoms. The molecule has 0 bridgehead atoms. The number of H-pyrrole nitrogens is 1. The average Bonchev–Trinajstić information content (AvgIpc) is 3.50. The first-order chi connectivity index (χ1) is 16.7. The van der Waals surface area contributed by atoms with Crippen molar-refractivity contribution in [3.05, 3.63) is 98.4 Å². The number of aromatic amines is 1. The maximum absolute atomic E-state index is 13.4. The summed E-state index contributed by atoms with van der Waals surface area (Å²) < 4.78 is 4.67. The fourth-order valence-electron chi connectivity index (χ4n) is 4.02. The van der Waals surface area contributed by atoms with Crippen molar-refractivity contribution in [1.29, 1.82) is 0 Å². The molecule has 34 heavy (non-hydrogen) atoms. The molecule has 5 rings (SSSR count). The lowest BCUT2D eigenvalue weighted by atomic mass is 10.0. The fourth-order valence-corrected chi connectivity index (χ4v) is 4.67. The number of nitrogens with one attached hydrogen (secondary N) is 1. The third kappa shape index (κ3) is 4.30. The van der Waals surface area contributed by atoms with Crippen molar-refractivity contribution in [2.45, 2.75) is 26.3 Å². The van der Waals surface area contributed by atoms with Crippen LogP contribution >= 0.6 is 22.6 Å². The highest BCUT2D eigenvalue weighted by Crippen LogP contribution is 2.27. The first-order valence-corrected chi connectivity index (χ1v) is 12.1. The van der Waals surface area contributed by atoms with Crippen molar-refractivity contribution >= 4 is 22.6 Å². The summed E-state index contributed by atoms with van der Waals surface area (Å²) in [4.78, 5) is 17.9. The molecule has 170 valence electrons. The van der Waals surface area contributed by atoms with E-state index in [2.05, 4.69) is 55.1 Å². The van der Waals surface area contributed by atoms with Crippen LogP contribution in [-0.2, 0) is 13.0 Å². The quantitative estimate of drug-likeness (QED) is 0.295. The van der Waals surface area contributed by atoms with Gasteiger partial charge in [0.2, 0.25) is 0 Å². The smallest absolute Gasteiger partial charge is 0.292 e. The van der Waals surface area contributed by atoms with Gasteiger partial charge in [-0.3, -0.25) is 14.1 Å². The van der Waals surface area contributed by atoms with Gasteiger partial charge < -0.3 is 0 Å². The molecule has 0 saturated carbocycles. The van der Waals surface area contributed by atoms with Crippen molar-refractivity contribution < 1.29 is 0 Å². The summed E-state index contributed by atoms with van der Waals surface area (Å²) in [6.45, 7) is 2.63. The number of pyridine rings is 1. The number of hydrogen-bond donors (Lipinski definition) is 1. The number of aryl methyl sites for hydroxylation is 1. The van der Waals surface area contributed by atoms with E-state index in [9.17, 15) is 4.79 Å². The van der Waals surface area contributed by atoms with Crippen LogP contribution in [0.25, 0.3) is 28.3 Å². The van der Waals surface area contributed by atoms with Crippen LogP contribution in [0.2, 0.25) is 0 Å². The Morgan fingerprint density at radius 1 is 1.03 bits per heavy atom. The molecule has 3 aromatic heterocycles. The standard InChI is InChI=1S/C25H22IN7O/c1-2-6-19-16-33(22-9-4-3-8-21(22)26)25(34)32(19)15-17-10-12-18(13-11-17)23-20(7-5-14-27-23)24-28-30-31-29-24/h3-5,7-14,16H,2,6,15H2,1H3,(H,28,29,30,31). The predicted octanol–water partition coefficient (Wildman–Crippen LogP) is 4.49. The van der Waals surface area contributed by atoms with Gasteiger partial charge in [-0.25, -0.2) is 9.89 Å². The van der Waals surface area contributed by atoms with E-state index in [0.29, 0.717) is 12.4 Å². The minimum Gasteiger partial charge on any atom is -0.292 e. The van der Waals surface area contributed by atoms with Gasteiger partial charge in [-0.2, -0.15) is 0 Å². The average molecular weight is 563 g/mol. The number of aromatic nitrogens is 7. The van der Waals surface area contributed by atoms with Crippen LogP contribution in [0.4, 0.5) is 0 Å². The summed E-state index contributed by atoms with van der Waals surface area (Å²) in [5.74, 6) is 0.569. The SMILES string of the molecule is CCCc1cn(-c2ccccc2I)c(=O)n1Cc1ccc(-c2ncccc2-c2nnn[nH]2)cc1. The fraction of sp³-hybridized carbons (Fsp3) is 0.160. The summed E-state index contributed by atoms with van der Waals surface area (Å²) >= 11 is 2.27. The Hall–Kier alpha value is -3.60. The van der Waals surface area contributed by atoms with Crippen LogP contribution in [0.1, 0.15) is 24.6 Å². The van der Waals surface area contributed by atoms with Crippen LogP contribution in [0, 0.1) is 3.57 Å². The van der Waals surface area contributed by atoms with Crippen LogP contribution in [0.5, 0.6) is 0 Å². The molecule has 1 N–H and O–H groups in total. The predicted molar refractivity (Wildman–Crippen MR) is 139 cm³/mol. The van der Waals surface area contributed by atoms with Crippen molar-refractivity contribution in [1.82, 2.24) is 34.7 Å².